The number of aromatic nitrogens is 5. The van der Waals surface area contributed by atoms with Gasteiger partial charge in [-0.25, -0.2) is 9.97 Å². The van der Waals surface area contributed by atoms with E-state index in [0.717, 1.165) is 35.6 Å². The molecule has 3 N–H and O–H groups in total. The molecule has 1 aliphatic heterocycles. The van der Waals surface area contributed by atoms with Crippen LogP contribution in [0.4, 0.5) is 11.6 Å². The third-order valence-corrected chi connectivity index (χ3v) is 5.64. The number of imidazole rings is 1. The fraction of sp³-hybridized carbons (Fsp3) is 0.304. The van der Waals surface area contributed by atoms with Gasteiger partial charge in [0.25, 0.3) is 5.91 Å². The molecule has 0 aliphatic carbocycles. The SMILES string of the molecule is CC1CN(c2ccc(C(=O)Nc3cc(-c4nc5ccccc5[nH]4)n(C)n3)cn2)C[C@H](C)N1. The number of fused-ring (bicyclic) bond motifs is 1. The van der Waals surface area contributed by atoms with Crippen LogP contribution in [0.15, 0.2) is 48.7 Å². The Hall–Kier alpha value is -3.72. The molecule has 1 fully saturated rings. The highest BCUT2D eigenvalue weighted by molar-refractivity contribution is 6.03. The van der Waals surface area contributed by atoms with Crippen molar-refractivity contribution in [3.05, 3.63) is 54.2 Å². The van der Waals surface area contributed by atoms with E-state index < -0.39 is 0 Å². The third-order valence-electron chi connectivity index (χ3n) is 5.64. The number of anilines is 2. The number of para-hydroxylation sites is 2. The van der Waals surface area contributed by atoms with E-state index in [1.807, 2.05) is 37.4 Å². The second kappa shape index (κ2) is 8.08. The number of benzene rings is 1. The second-order valence-corrected chi connectivity index (χ2v) is 8.37. The summed E-state index contributed by atoms with van der Waals surface area (Å²) in [6.07, 6.45) is 1.62. The van der Waals surface area contributed by atoms with Gasteiger partial charge < -0.3 is 20.5 Å². The minimum atomic E-state index is -0.250. The van der Waals surface area contributed by atoms with E-state index in [1.165, 1.54) is 0 Å². The highest BCUT2D eigenvalue weighted by Gasteiger charge is 2.22. The predicted octanol–water partition coefficient (Wildman–Crippen LogP) is 2.80. The number of rotatable bonds is 4. The maximum atomic E-state index is 12.8. The van der Waals surface area contributed by atoms with Gasteiger partial charge in [-0.05, 0) is 38.1 Å². The van der Waals surface area contributed by atoms with Gasteiger partial charge in [0.15, 0.2) is 11.6 Å². The van der Waals surface area contributed by atoms with Crippen LogP contribution in [-0.2, 0) is 7.05 Å². The van der Waals surface area contributed by atoms with Crippen molar-refractivity contribution in [3.8, 4) is 11.5 Å². The molecular weight excluding hydrogens is 404 g/mol. The third kappa shape index (κ3) is 3.94. The Labute approximate surface area is 185 Å². The largest absolute Gasteiger partial charge is 0.354 e. The molecular formula is C23H26N8O. The van der Waals surface area contributed by atoms with E-state index in [2.05, 4.69) is 49.4 Å². The molecule has 1 aromatic carbocycles. The highest BCUT2D eigenvalue weighted by Crippen LogP contribution is 2.23. The van der Waals surface area contributed by atoms with Gasteiger partial charge in [-0.2, -0.15) is 5.10 Å². The van der Waals surface area contributed by atoms with Gasteiger partial charge >= 0.3 is 0 Å². The number of nitrogens with zero attached hydrogens (tertiary/aromatic N) is 5. The predicted molar refractivity (Wildman–Crippen MR) is 125 cm³/mol. The first-order chi connectivity index (χ1) is 15.5. The summed E-state index contributed by atoms with van der Waals surface area (Å²) in [6.45, 7) is 6.11. The second-order valence-electron chi connectivity index (χ2n) is 8.37. The number of carbonyl (C=O) groups is 1. The first-order valence-electron chi connectivity index (χ1n) is 10.7. The summed E-state index contributed by atoms with van der Waals surface area (Å²) in [5.41, 5.74) is 3.11. The monoisotopic (exact) mass is 430 g/mol. The van der Waals surface area contributed by atoms with Gasteiger partial charge in [-0.15, -0.1) is 0 Å². The zero-order chi connectivity index (χ0) is 22.2. The van der Waals surface area contributed by atoms with Crippen molar-refractivity contribution in [2.75, 3.05) is 23.3 Å². The molecule has 0 radical (unpaired) electrons. The molecule has 5 rings (SSSR count). The molecule has 0 saturated carbocycles. The van der Waals surface area contributed by atoms with E-state index in [1.54, 1.807) is 23.0 Å². The first-order valence-corrected chi connectivity index (χ1v) is 10.7. The number of piperazine rings is 1. The molecule has 0 bridgehead atoms. The Morgan fingerprint density at radius 3 is 2.62 bits per heavy atom. The number of hydrogen-bond donors (Lipinski definition) is 3. The van der Waals surface area contributed by atoms with Crippen LogP contribution >= 0.6 is 0 Å². The van der Waals surface area contributed by atoms with Gasteiger partial charge in [0.2, 0.25) is 0 Å². The number of hydrogen-bond acceptors (Lipinski definition) is 6. The quantitative estimate of drug-likeness (QED) is 0.460. The maximum absolute atomic E-state index is 12.8. The summed E-state index contributed by atoms with van der Waals surface area (Å²) in [4.78, 5) is 27.4. The lowest BCUT2D eigenvalue weighted by Crippen LogP contribution is -2.54. The lowest BCUT2D eigenvalue weighted by atomic mass is 10.1. The molecule has 32 heavy (non-hydrogen) atoms. The molecule has 2 atom stereocenters. The van der Waals surface area contributed by atoms with Crippen LogP contribution in [0.25, 0.3) is 22.6 Å². The molecule has 9 heteroatoms. The van der Waals surface area contributed by atoms with Gasteiger partial charge in [0, 0.05) is 44.5 Å². The molecule has 9 nitrogen and oxygen atoms in total. The Bertz CT molecular complexity index is 1220. The van der Waals surface area contributed by atoms with Crippen LogP contribution in [0.2, 0.25) is 0 Å². The fourth-order valence-corrected chi connectivity index (χ4v) is 4.23. The van der Waals surface area contributed by atoms with Crippen LogP contribution in [-0.4, -0.2) is 55.8 Å². The average Bonchev–Trinajstić information content (AvgIpc) is 3.36. The Kier molecular flexibility index (Phi) is 5.10. The molecule has 1 aliphatic rings. The normalized spacial score (nSPS) is 18.8. The van der Waals surface area contributed by atoms with Crippen molar-refractivity contribution in [1.29, 1.82) is 0 Å². The van der Waals surface area contributed by atoms with Gasteiger partial charge in [0.1, 0.15) is 11.5 Å². The molecule has 1 unspecified atom stereocenters. The van der Waals surface area contributed by atoms with Crippen molar-refractivity contribution >= 4 is 28.6 Å². The van der Waals surface area contributed by atoms with Crippen molar-refractivity contribution in [3.63, 3.8) is 0 Å². The van der Waals surface area contributed by atoms with E-state index in [9.17, 15) is 4.79 Å². The molecule has 164 valence electrons. The zero-order valence-corrected chi connectivity index (χ0v) is 18.3. The average molecular weight is 431 g/mol. The van der Waals surface area contributed by atoms with Crippen LogP contribution in [0, 0.1) is 0 Å². The molecule has 1 saturated heterocycles. The van der Waals surface area contributed by atoms with Crippen LogP contribution in [0.3, 0.4) is 0 Å². The van der Waals surface area contributed by atoms with Crippen molar-refractivity contribution in [1.82, 2.24) is 30.0 Å². The number of nitrogens with one attached hydrogen (secondary N) is 3. The van der Waals surface area contributed by atoms with E-state index >= 15 is 0 Å². The summed E-state index contributed by atoms with van der Waals surface area (Å²) >= 11 is 0. The lowest BCUT2D eigenvalue weighted by Gasteiger charge is -2.36. The van der Waals surface area contributed by atoms with Crippen LogP contribution in [0.5, 0.6) is 0 Å². The van der Waals surface area contributed by atoms with E-state index in [4.69, 9.17) is 0 Å². The van der Waals surface area contributed by atoms with Crippen molar-refractivity contribution in [2.24, 2.45) is 7.05 Å². The summed E-state index contributed by atoms with van der Waals surface area (Å²) in [5.74, 6) is 1.79. The number of H-pyrrole nitrogens is 1. The molecule has 4 aromatic rings. The molecule has 4 heterocycles. The molecule has 0 spiro atoms. The Balaban J connectivity index is 1.30. The lowest BCUT2D eigenvalue weighted by molar-refractivity contribution is 0.102. The zero-order valence-electron chi connectivity index (χ0n) is 18.3. The minimum Gasteiger partial charge on any atom is -0.354 e. The minimum absolute atomic E-state index is 0.250. The number of aromatic amines is 1. The molecule has 3 aromatic heterocycles. The Morgan fingerprint density at radius 1 is 1.12 bits per heavy atom. The number of pyridine rings is 1. The van der Waals surface area contributed by atoms with Crippen LogP contribution < -0.4 is 15.5 Å². The molecule has 1 amide bonds. The van der Waals surface area contributed by atoms with E-state index in [-0.39, 0.29) is 5.91 Å². The fourth-order valence-electron chi connectivity index (χ4n) is 4.23. The van der Waals surface area contributed by atoms with Gasteiger partial charge in [-0.1, -0.05) is 12.1 Å². The van der Waals surface area contributed by atoms with Crippen molar-refractivity contribution < 1.29 is 4.79 Å². The highest BCUT2D eigenvalue weighted by atomic mass is 16.1. The number of amides is 1. The van der Waals surface area contributed by atoms with Crippen LogP contribution in [0.1, 0.15) is 24.2 Å². The first kappa shape index (κ1) is 20.2. The summed E-state index contributed by atoms with van der Waals surface area (Å²) in [7, 11) is 1.82. The van der Waals surface area contributed by atoms with Gasteiger partial charge in [-0.3, -0.25) is 9.48 Å². The number of carbonyl (C=O) groups excluding carboxylic acids is 1. The summed E-state index contributed by atoms with van der Waals surface area (Å²) < 4.78 is 1.70. The van der Waals surface area contributed by atoms with Crippen molar-refractivity contribution in [2.45, 2.75) is 25.9 Å². The van der Waals surface area contributed by atoms with Gasteiger partial charge in [0.05, 0.1) is 16.6 Å². The Morgan fingerprint density at radius 2 is 1.91 bits per heavy atom. The summed E-state index contributed by atoms with van der Waals surface area (Å²) in [6, 6.07) is 14.1. The topological polar surface area (TPSA) is 104 Å². The smallest absolute Gasteiger partial charge is 0.258 e. The summed E-state index contributed by atoms with van der Waals surface area (Å²) in [5, 5.41) is 10.8. The number of aryl methyl sites for hydroxylation is 1. The van der Waals surface area contributed by atoms with E-state index in [0.29, 0.717) is 29.3 Å². The maximum Gasteiger partial charge on any atom is 0.258 e. The standard InChI is InChI=1S/C23H26N8O/c1-14-12-31(13-15(2)25-14)21-9-8-16(11-24-21)23(32)28-20-10-19(30(3)29-20)22-26-17-6-4-5-7-18(17)27-22/h4-11,14-15,25H,12-13H2,1-3H3,(H,26,27)(H,28,29,32)/t14-,15?/m0/s1.